The third-order valence-corrected chi connectivity index (χ3v) is 3.56. The molecule has 0 heterocycles. The van der Waals surface area contributed by atoms with Crippen LogP contribution in [0, 0.1) is 23.7 Å². The Morgan fingerprint density at radius 1 is 1.31 bits per heavy atom. The molecule has 0 saturated heterocycles. The van der Waals surface area contributed by atoms with Crippen LogP contribution in [0.2, 0.25) is 0 Å². The Balaban J connectivity index is 2.45. The molecule has 1 aliphatic carbocycles. The Morgan fingerprint density at radius 2 is 2.00 bits per heavy atom. The summed E-state index contributed by atoms with van der Waals surface area (Å²) in [5.74, 6) is 3.47. The van der Waals surface area contributed by atoms with E-state index in [-0.39, 0.29) is 0 Å². The van der Waals surface area contributed by atoms with E-state index in [1.807, 2.05) is 0 Å². The van der Waals surface area contributed by atoms with Crippen molar-refractivity contribution in [3.8, 4) is 0 Å². The normalized spacial score (nSPS) is 36.2. The molecule has 0 aromatic carbocycles. The molecule has 0 heteroatoms. The summed E-state index contributed by atoms with van der Waals surface area (Å²) in [4.78, 5) is 0. The van der Waals surface area contributed by atoms with Crippen molar-refractivity contribution >= 4 is 0 Å². The van der Waals surface area contributed by atoms with Crippen LogP contribution in [0.1, 0.15) is 47.0 Å². The minimum Gasteiger partial charge on any atom is -0.0854 e. The number of hydrogen-bond donors (Lipinski definition) is 0. The van der Waals surface area contributed by atoms with E-state index in [9.17, 15) is 0 Å². The summed E-state index contributed by atoms with van der Waals surface area (Å²) >= 11 is 0. The van der Waals surface area contributed by atoms with Crippen LogP contribution in [0.5, 0.6) is 0 Å². The lowest BCUT2D eigenvalue weighted by atomic mass is 9.76. The van der Waals surface area contributed by atoms with Crippen LogP contribution in [0.3, 0.4) is 0 Å². The first-order valence-electron chi connectivity index (χ1n) is 5.81. The van der Waals surface area contributed by atoms with Crippen molar-refractivity contribution in [2.75, 3.05) is 0 Å². The Bertz CT molecular complexity index is 169. The highest BCUT2D eigenvalue weighted by Gasteiger charge is 2.22. The van der Waals surface area contributed by atoms with Crippen LogP contribution in [0.25, 0.3) is 0 Å². The zero-order chi connectivity index (χ0) is 9.84. The summed E-state index contributed by atoms with van der Waals surface area (Å²) in [7, 11) is 0. The minimum atomic E-state index is 0.810. The molecule has 0 aliphatic heterocycles. The molecule has 0 nitrogen and oxygen atoms in total. The van der Waals surface area contributed by atoms with Gasteiger partial charge in [-0.3, -0.25) is 0 Å². The molecule has 0 aromatic rings. The van der Waals surface area contributed by atoms with E-state index in [0.717, 1.165) is 23.7 Å². The minimum absolute atomic E-state index is 0.810. The molecule has 0 aromatic heterocycles. The van der Waals surface area contributed by atoms with Crippen LogP contribution >= 0.6 is 0 Å². The zero-order valence-electron chi connectivity index (χ0n) is 9.59. The van der Waals surface area contributed by atoms with Gasteiger partial charge in [-0.15, -0.1) is 0 Å². The first-order valence-corrected chi connectivity index (χ1v) is 5.81. The van der Waals surface area contributed by atoms with Gasteiger partial charge in [0.15, 0.2) is 0 Å². The summed E-state index contributed by atoms with van der Waals surface area (Å²) in [5, 5.41) is 0. The van der Waals surface area contributed by atoms with Crippen molar-refractivity contribution < 1.29 is 0 Å². The largest absolute Gasteiger partial charge is 0.0854 e. The van der Waals surface area contributed by atoms with Crippen LogP contribution in [-0.4, -0.2) is 0 Å². The maximum absolute atomic E-state index is 2.42. The van der Waals surface area contributed by atoms with Gasteiger partial charge in [-0.25, -0.2) is 0 Å². The Kier molecular flexibility index (Phi) is 4.02. The molecule has 0 spiro atoms. The molecule has 4 unspecified atom stereocenters. The van der Waals surface area contributed by atoms with E-state index in [1.165, 1.54) is 19.3 Å². The van der Waals surface area contributed by atoms with Crippen LogP contribution in [0.15, 0.2) is 12.2 Å². The lowest BCUT2D eigenvalue weighted by molar-refractivity contribution is 0.271. The van der Waals surface area contributed by atoms with Crippen molar-refractivity contribution in [3.05, 3.63) is 12.2 Å². The fourth-order valence-electron chi connectivity index (χ4n) is 2.29. The molecule has 0 saturated carbocycles. The van der Waals surface area contributed by atoms with Crippen LogP contribution < -0.4 is 0 Å². The van der Waals surface area contributed by atoms with E-state index in [1.54, 1.807) is 0 Å². The van der Waals surface area contributed by atoms with Gasteiger partial charge in [0.1, 0.15) is 0 Å². The second-order valence-corrected chi connectivity index (χ2v) is 4.97. The topological polar surface area (TPSA) is 0 Å². The highest BCUT2D eigenvalue weighted by molar-refractivity contribution is 4.98. The third-order valence-electron chi connectivity index (χ3n) is 3.56. The molecule has 1 aliphatic rings. The van der Waals surface area contributed by atoms with E-state index in [0.29, 0.717) is 0 Å². The number of hydrogen-bond acceptors (Lipinski definition) is 0. The van der Waals surface area contributed by atoms with Gasteiger partial charge in [0.2, 0.25) is 0 Å². The summed E-state index contributed by atoms with van der Waals surface area (Å²) in [5.41, 5.74) is 0. The second kappa shape index (κ2) is 4.83. The molecule has 4 atom stereocenters. The quantitative estimate of drug-likeness (QED) is 0.569. The predicted octanol–water partition coefficient (Wildman–Crippen LogP) is 4.27. The summed E-state index contributed by atoms with van der Waals surface area (Å²) in [6.45, 7) is 9.40. The predicted molar refractivity (Wildman–Crippen MR) is 59.6 cm³/mol. The number of rotatable bonds is 3. The molecule has 0 radical (unpaired) electrons. The average molecular weight is 180 g/mol. The van der Waals surface area contributed by atoms with Crippen molar-refractivity contribution in [3.63, 3.8) is 0 Å². The van der Waals surface area contributed by atoms with E-state index >= 15 is 0 Å². The first kappa shape index (κ1) is 10.8. The standard InChI is InChI=1S/C13H24/c1-5-10(2)8-13-9-11(3)6-7-12(13)4/h6-7,10-13H,5,8-9H2,1-4H3. The van der Waals surface area contributed by atoms with Gasteiger partial charge in [0.05, 0.1) is 0 Å². The SMILES string of the molecule is CCC(C)CC1CC(C)C=CC1C. The summed E-state index contributed by atoms with van der Waals surface area (Å²) < 4.78 is 0. The molecular formula is C13H24. The maximum Gasteiger partial charge on any atom is -0.0233 e. The van der Waals surface area contributed by atoms with E-state index in [2.05, 4.69) is 39.8 Å². The zero-order valence-corrected chi connectivity index (χ0v) is 9.59. The molecule has 13 heavy (non-hydrogen) atoms. The molecule has 0 amide bonds. The summed E-state index contributed by atoms with van der Waals surface area (Å²) in [6.07, 6.45) is 8.97. The lowest BCUT2D eigenvalue weighted by Gasteiger charge is -2.30. The fraction of sp³-hybridized carbons (Fsp3) is 0.846. The molecular weight excluding hydrogens is 156 g/mol. The molecule has 0 fully saturated rings. The van der Waals surface area contributed by atoms with Crippen molar-refractivity contribution in [2.45, 2.75) is 47.0 Å². The highest BCUT2D eigenvalue weighted by atomic mass is 14.3. The fourth-order valence-corrected chi connectivity index (χ4v) is 2.29. The van der Waals surface area contributed by atoms with Gasteiger partial charge in [-0.05, 0) is 36.5 Å². The lowest BCUT2D eigenvalue weighted by Crippen LogP contribution is -2.19. The van der Waals surface area contributed by atoms with Gasteiger partial charge < -0.3 is 0 Å². The Hall–Kier alpha value is -0.260. The van der Waals surface area contributed by atoms with E-state index < -0.39 is 0 Å². The van der Waals surface area contributed by atoms with Gasteiger partial charge in [0.25, 0.3) is 0 Å². The molecule has 0 N–H and O–H groups in total. The van der Waals surface area contributed by atoms with E-state index in [4.69, 9.17) is 0 Å². The summed E-state index contributed by atoms with van der Waals surface area (Å²) in [6, 6.07) is 0. The third kappa shape index (κ3) is 3.17. The molecule has 76 valence electrons. The maximum atomic E-state index is 2.42. The van der Waals surface area contributed by atoms with Crippen molar-refractivity contribution in [2.24, 2.45) is 23.7 Å². The van der Waals surface area contributed by atoms with Crippen LogP contribution in [-0.2, 0) is 0 Å². The monoisotopic (exact) mass is 180 g/mol. The van der Waals surface area contributed by atoms with Crippen molar-refractivity contribution in [1.82, 2.24) is 0 Å². The molecule has 0 bridgehead atoms. The van der Waals surface area contributed by atoms with Crippen LogP contribution in [0.4, 0.5) is 0 Å². The van der Waals surface area contributed by atoms with Gasteiger partial charge in [0, 0.05) is 0 Å². The highest BCUT2D eigenvalue weighted by Crippen LogP contribution is 2.33. The number of allylic oxidation sites excluding steroid dienone is 2. The average Bonchev–Trinajstić information content (AvgIpc) is 2.11. The van der Waals surface area contributed by atoms with Gasteiger partial charge in [-0.1, -0.05) is 46.3 Å². The van der Waals surface area contributed by atoms with Gasteiger partial charge >= 0.3 is 0 Å². The van der Waals surface area contributed by atoms with Gasteiger partial charge in [-0.2, -0.15) is 0 Å². The Morgan fingerprint density at radius 3 is 2.62 bits per heavy atom. The smallest absolute Gasteiger partial charge is 0.0233 e. The molecule has 1 rings (SSSR count). The first-order chi connectivity index (χ1) is 6.13. The van der Waals surface area contributed by atoms with Crippen molar-refractivity contribution in [1.29, 1.82) is 0 Å². The Labute approximate surface area is 83.4 Å². The second-order valence-electron chi connectivity index (χ2n) is 4.97.